The Morgan fingerprint density at radius 2 is 1.56 bits per heavy atom. The molecule has 1 N–H and O–H groups in total. The van der Waals surface area contributed by atoms with Crippen molar-refractivity contribution in [3.8, 4) is 11.5 Å². The fourth-order valence-corrected chi connectivity index (χ4v) is 1.31. The van der Waals surface area contributed by atoms with E-state index >= 15 is 0 Å². The molecule has 0 amide bonds. The Bertz CT molecular complexity index is 359. The van der Waals surface area contributed by atoms with Crippen molar-refractivity contribution >= 4 is 5.97 Å². The first-order valence-electron chi connectivity index (χ1n) is 6.06. The van der Waals surface area contributed by atoms with Crippen LogP contribution in [0.3, 0.4) is 0 Å². The number of aromatic carboxylic acids is 1. The van der Waals surface area contributed by atoms with Crippen molar-refractivity contribution in [2.45, 2.75) is 34.6 Å². The molecule has 0 aliphatic carbocycles. The van der Waals surface area contributed by atoms with Gasteiger partial charge < -0.3 is 14.6 Å². The standard InChI is InChI=1S/C10H12O4.2C2H6/c1-6-7(10(11)12)4-5-8(13-2)9(6)14-3;2*1-2/h4-5H,1-3H3,(H,11,12);2*1-2H3. The van der Waals surface area contributed by atoms with Crippen molar-refractivity contribution in [1.82, 2.24) is 0 Å². The summed E-state index contributed by atoms with van der Waals surface area (Å²) in [6, 6.07) is 3.08. The lowest BCUT2D eigenvalue weighted by molar-refractivity contribution is 0.0695. The largest absolute Gasteiger partial charge is 0.493 e. The molecule has 0 aliphatic rings. The summed E-state index contributed by atoms with van der Waals surface area (Å²) in [6.45, 7) is 9.69. The number of carboxylic acids is 1. The summed E-state index contributed by atoms with van der Waals surface area (Å²) < 4.78 is 10.1. The summed E-state index contributed by atoms with van der Waals surface area (Å²) in [4.78, 5) is 10.8. The first kappa shape index (κ1) is 18.6. The molecule has 0 atom stereocenters. The average molecular weight is 256 g/mol. The minimum atomic E-state index is -0.969. The summed E-state index contributed by atoms with van der Waals surface area (Å²) in [5, 5.41) is 8.85. The minimum absolute atomic E-state index is 0.225. The number of rotatable bonds is 3. The minimum Gasteiger partial charge on any atom is -0.493 e. The van der Waals surface area contributed by atoms with Gasteiger partial charge in [-0.1, -0.05) is 27.7 Å². The summed E-state index contributed by atoms with van der Waals surface area (Å²) in [6.07, 6.45) is 0. The summed E-state index contributed by atoms with van der Waals surface area (Å²) in [5.41, 5.74) is 0.794. The van der Waals surface area contributed by atoms with Gasteiger partial charge in [0.15, 0.2) is 11.5 Å². The highest BCUT2D eigenvalue weighted by Crippen LogP contribution is 2.32. The summed E-state index contributed by atoms with van der Waals surface area (Å²) >= 11 is 0. The molecular formula is C14H24O4. The van der Waals surface area contributed by atoms with E-state index in [0.717, 1.165) is 0 Å². The van der Waals surface area contributed by atoms with Gasteiger partial charge >= 0.3 is 5.97 Å². The molecule has 18 heavy (non-hydrogen) atoms. The molecule has 1 rings (SSSR count). The predicted molar refractivity (Wildman–Crippen MR) is 73.9 cm³/mol. The van der Waals surface area contributed by atoms with Gasteiger partial charge in [-0.2, -0.15) is 0 Å². The van der Waals surface area contributed by atoms with Crippen molar-refractivity contribution in [2.24, 2.45) is 0 Å². The van der Waals surface area contributed by atoms with E-state index < -0.39 is 5.97 Å². The zero-order chi connectivity index (χ0) is 14.7. The molecule has 0 radical (unpaired) electrons. The molecule has 1 aromatic carbocycles. The van der Waals surface area contributed by atoms with Crippen molar-refractivity contribution < 1.29 is 19.4 Å². The van der Waals surface area contributed by atoms with Crippen molar-refractivity contribution in [3.05, 3.63) is 23.3 Å². The number of carbonyl (C=O) groups is 1. The second kappa shape index (κ2) is 10.4. The van der Waals surface area contributed by atoms with Crippen LogP contribution in [0.1, 0.15) is 43.6 Å². The van der Waals surface area contributed by atoms with Gasteiger partial charge in [0.2, 0.25) is 0 Å². The molecule has 0 aromatic heterocycles. The number of benzene rings is 1. The Hall–Kier alpha value is -1.71. The lowest BCUT2D eigenvalue weighted by Gasteiger charge is -2.11. The fourth-order valence-electron chi connectivity index (χ4n) is 1.31. The van der Waals surface area contributed by atoms with Crippen LogP contribution < -0.4 is 9.47 Å². The van der Waals surface area contributed by atoms with Crippen LogP contribution in [0, 0.1) is 6.92 Å². The average Bonchev–Trinajstić information content (AvgIpc) is 2.42. The molecule has 4 nitrogen and oxygen atoms in total. The Kier molecular flexibility index (Phi) is 10.8. The highest BCUT2D eigenvalue weighted by Gasteiger charge is 2.14. The lowest BCUT2D eigenvalue weighted by Crippen LogP contribution is -2.02. The molecule has 0 saturated carbocycles. The van der Waals surface area contributed by atoms with Crippen LogP contribution >= 0.6 is 0 Å². The van der Waals surface area contributed by atoms with E-state index in [-0.39, 0.29) is 5.56 Å². The molecule has 0 saturated heterocycles. The second-order valence-corrected chi connectivity index (χ2v) is 2.78. The molecule has 0 heterocycles. The van der Waals surface area contributed by atoms with Crippen LogP contribution in [0.5, 0.6) is 11.5 Å². The predicted octanol–water partition coefficient (Wildman–Crippen LogP) is 3.76. The number of ether oxygens (including phenoxy) is 2. The fraction of sp³-hybridized carbons (Fsp3) is 0.500. The van der Waals surface area contributed by atoms with Crippen LogP contribution in [-0.2, 0) is 0 Å². The van der Waals surface area contributed by atoms with Crippen molar-refractivity contribution in [1.29, 1.82) is 0 Å². The van der Waals surface area contributed by atoms with Gasteiger partial charge in [0.05, 0.1) is 19.8 Å². The second-order valence-electron chi connectivity index (χ2n) is 2.78. The maximum Gasteiger partial charge on any atom is 0.336 e. The maximum absolute atomic E-state index is 10.8. The zero-order valence-electron chi connectivity index (χ0n) is 12.3. The number of methoxy groups -OCH3 is 2. The molecular weight excluding hydrogens is 232 g/mol. The lowest BCUT2D eigenvalue weighted by atomic mass is 10.1. The maximum atomic E-state index is 10.8. The third kappa shape index (κ3) is 4.65. The third-order valence-corrected chi connectivity index (χ3v) is 2.02. The highest BCUT2D eigenvalue weighted by atomic mass is 16.5. The number of hydrogen-bond acceptors (Lipinski definition) is 3. The smallest absolute Gasteiger partial charge is 0.336 e. The first-order chi connectivity index (χ1) is 8.61. The SMILES string of the molecule is CC.CC.COc1ccc(C(=O)O)c(C)c1OC. The monoisotopic (exact) mass is 256 g/mol. The molecule has 0 aliphatic heterocycles. The van der Waals surface area contributed by atoms with Gasteiger partial charge in [-0.3, -0.25) is 0 Å². The van der Waals surface area contributed by atoms with E-state index in [1.807, 2.05) is 27.7 Å². The van der Waals surface area contributed by atoms with Crippen molar-refractivity contribution in [2.75, 3.05) is 14.2 Å². The summed E-state index contributed by atoms with van der Waals surface area (Å²) in [7, 11) is 2.99. The first-order valence-corrected chi connectivity index (χ1v) is 6.06. The molecule has 1 aromatic rings. The number of hydrogen-bond donors (Lipinski definition) is 1. The molecule has 0 spiro atoms. The van der Waals surface area contributed by atoms with Crippen molar-refractivity contribution in [3.63, 3.8) is 0 Å². The summed E-state index contributed by atoms with van der Waals surface area (Å²) in [5.74, 6) is 0.0332. The highest BCUT2D eigenvalue weighted by molar-refractivity contribution is 5.90. The van der Waals surface area contributed by atoms with Crippen LogP contribution in [-0.4, -0.2) is 25.3 Å². The van der Waals surface area contributed by atoms with Gasteiger partial charge in [-0.15, -0.1) is 0 Å². The normalized spacial score (nSPS) is 8.17. The Morgan fingerprint density at radius 3 is 1.89 bits per heavy atom. The van der Waals surface area contributed by atoms with Crippen LogP contribution in [0.2, 0.25) is 0 Å². The van der Waals surface area contributed by atoms with E-state index in [1.54, 1.807) is 13.0 Å². The topological polar surface area (TPSA) is 55.8 Å². The van der Waals surface area contributed by atoms with Gasteiger partial charge in [0.1, 0.15) is 0 Å². The van der Waals surface area contributed by atoms with E-state index in [9.17, 15) is 4.79 Å². The van der Waals surface area contributed by atoms with Crippen LogP contribution in [0.4, 0.5) is 0 Å². The van der Waals surface area contributed by atoms with Gasteiger partial charge in [0.25, 0.3) is 0 Å². The van der Waals surface area contributed by atoms with E-state index in [4.69, 9.17) is 14.6 Å². The van der Waals surface area contributed by atoms with Gasteiger partial charge in [-0.05, 0) is 19.1 Å². The van der Waals surface area contributed by atoms with E-state index in [1.165, 1.54) is 20.3 Å². The zero-order valence-corrected chi connectivity index (χ0v) is 12.3. The van der Waals surface area contributed by atoms with E-state index in [2.05, 4.69) is 0 Å². The van der Waals surface area contributed by atoms with E-state index in [0.29, 0.717) is 17.1 Å². The Labute approximate surface area is 110 Å². The van der Waals surface area contributed by atoms with Crippen LogP contribution in [0.15, 0.2) is 12.1 Å². The molecule has 0 bridgehead atoms. The van der Waals surface area contributed by atoms with Crippen LogP contribution in [0.25, 0.3) is 0 Å². The quantitative estimate of drug-likeness (QED) is 0.894. The Balaban J connectivity index is 0. The number of carboxylic acid groups (broad SMARTS) is 1. The third-order valence-electron chi connectivity index (χ3n) is 2.02. The molecule has 104 valence electrons. The Morgan fingerprint density at radius 1 is 1.06 bits per heavy atom. The van der Waals surface area contributed by atoms with Gasteiger partial charge in [-0.25, -0.2) is 4.79 Å². The van der Waals surface area contributed by atoms with Gasteiger partial charge in [0, 0.05) is 5.56 Å². The molecule has 0 unspecified atom stereocenters. The molecule has 4 heteroatoms. The molecule has 0 fully saturated rings.